The molecule has 0 aliphatic heterocycles. The van der Waals surface area contributed by atoms with Crippen molar-refractivity contribution in [1.29, 1.82) is 0 Å². The quantitative estimate of drug-likeness (QED) is 0.485. The molecule has 0 bridgehead atoms. The second kappa shape index (κ2) is 3.01. The van der Waals surface area contributed by atoms with Crippen LogP contribution < -0.4 is 5.48 Å². The van der Waals surface area contributed by atoms with E-state index in [0.29, 0.717) is 10.7 Å². The molecule has 0 unspecified atom stereocenters. The van der Waals surface area contributed by atoms with Crippen molar-refractivity contribution in [3.63, 3.8) is 0 Å². The third-order valence-corrected chi connectivity index (χ3v) is 1.86. The summed E-state index contributed by atoms with van der Waals surface area (Å²) in [7, 11) is 0. The average molecular weight is 158 g/mol. The van der Waals surface area contributed by atoms with Gasteiger partial charge in [-0.3, -0.25) is 0 Å². The molecule has 1 aromatic rings. The molecule has 0 aliphatic rings. The molecular formula is C7H8ClNO. The van der Waals surface area contributed by atoms with Gasteiger partial charge in [-0.1, -0.05) is 23.7 Å². The van der Waals surface area contributed by atoms with Crippen molar-refractivity contribution < 1.29 is 5.48 Å². The second-order valence-electron chi connectivity index (χ2n) is 2.10. The van der Waals surface area contributed by atoms with Crippen molar-refractivity contribution in [1.82, 2.24) is 0 Å². The van der Waals surface area contributed by atoms with Crippen LogP contribution in [0.1, 0.15) is 5.56 Å². The van der Waals surface area contributed by atoms with Crippen LogP contribution in [0.3, 0.4) is 0 Å². The molecule has 0 fully saturated rings. The molecule has 0 saturated carbocycles. The lowest BCUT2D eigenvalue weighted by atomic mass is 10.2. The molecule has 0 heterocycles. The van der Waals surface area contributed by atoms with Gasteiger partial charge in [0, 0.05) is 6.07 Å². The third-order valence-electron chi connectivity index (χ3n) is 1.35. The SMILES string of the molecule is Cc1cccc([NH2+][O-])c1Cl. The molecule has 3 heteroatoms. The first-order valence-electron chi connectivity index (χ1n) is 2.96. The molecule has 0 saturated heterocycles. The molecule has 10 heavy (non-hydrogen) atoms. The zero-order valence-electron chi connectivity index (χ0n) is 5.60. The summed E-state index contributed by atoms with van der Waals surface area (Å²) in [4.78, 5) is 0. The van der Waals surface area contributed by atoms with Crippen molar-refractivity contribution in [2.45, 2.75) is 6.92 Å². The van der Waals surface area contributed by atoms with Gasteiger partial charge in [0.2, 0.25) is 0 Å². The molecule has 1 rings (SSSR count). The minimum absolute atomic E-state index is 0.553. The fourth-order valence-electron chi connectivity index (χ4n) is 0.761. The van der Waals surface area contributed by atoms with Gasteiger partial charge in [-0.05, 0) is 12.5 Å². The predicted molar refractivity (Wildman–Crippen MR) is 41.1 cm³/mol. The van der Waals surface area contributed by atoms with Crippen molar-refractivity contribution in [2.75, 3.05) is 0 Å². The van der Waals surface area contributed by atoms with Crippen LogP contribution in [0.15, 0.2) is 18.2 Å². The summed E-state index contributed by atoms with van der Waals surface area (Å²) >= 11 is 5.76. The minimum atomic E-state index is 0.553. The summed E-state index contributed by atoms with van der Waals surface area (Å²) in [6.45, 7) is 1.87. The molecule has 2 N–H and O–H groups in total. The largest absolute Gasteiger partial charge is 0.630 e. The number of nitrogens with two attached hydrogens (primary N) is 1. The van der Waals surface area contributed by atoms with E-state index in [2.05, 4.69) is 0 Å². The summed E-state index contributed by atoms with van der Waals surface area (Å²) in [6, 6.07) is 5.38. The highest BCUT2D eigenvalue weighted by Gasteiger charge is 2.00. The van der Waals surface area contributed by atoms with Gasteiger partial charge in [-0.15, -0.1) is 0 Å². The molecule has 2 nitrogen and oxygen atoms in total. The van der Waals surface area contributed by atoms with Gasteiger partial charge in [-0.25, -0.2) is 0 Å². The van der Waals surface area contributed by atoms with Crippen LogP contribution in [0, 0.1) is 12.1 Å². The predicted octanol–water partition coefficient (Wildman–Crippen LogP) is 1.34. The van der Waals surface area contributed by atoms with E-state index in [-0.39, 0.29) is 0 Å². The Bertz CT molecular complexity index is 237. The zero-order valence-corrected chi connectivity index (χ0v) is 6.35. The van der Waals surface area contributed by atoms with Gasteiger partial charge in [-0.2, -0.15) is 0 Å². The maximum atomic E-state index is 10.3. The summed E-state index contributed by atoms with van der Waals surface area (Å²) in [5, 5.41) is 10.8. The first-order valence-corrected chi connectivity index (χ1v) is 3.34. The van der Waals surface area contributed by atoms with E-state index < -0.39 is 0 Å². The average Bonchev–Trinajstić information content (AvgIpc) is 1.95. The van der Waals surface area contributed by atoms with E-state index in [9.17, 15) is 5.21 Å². The minimum Gasteiger partial charge on any atom is -0.630 e. The number of benzene rings is 1. The number of quaternary nitrogens is 1. The molecule has 0 atom stereocenters. The van der Waals surface area contributed by atoms with E-state index in [1.807, 2.05) is 19.1 Å². The molecular weight excluding hydrogens is 150 g/mol. The lowest BCUT2D eigenvalue weighted by molar-refractivity contribution is -0.497. The van der Waals surface area contributed by atoms with E-state index in [0.717, 1.165) is 11.0 Å². The lowest BCUT2D eigenvalue weighted by Gasteiger charge is -2.04. The smallest absolute Gasteiger partial charge is 0.148 e. The zero-order chi connectivity index (χ0) is 7.56. The molecule has 0 aromatic heterocycles. The van der Waals surface area contributed by atoms with Crippen LogP contribution in [-0.2, 0) is 0 Å². The summed E-state index contributed by atoms with van der Waals surface area (Å²) in [6.07, 6.45) is 0. The molecule has 0 spiro atoms. The van der Waals surface area contributed by atoms with Crippen molar-refractivity contribution in [3.8, 4) is 0 Å². The molecule has 1 aromatic carbocycles. The number of aryl methyl sites for hydroxylation is 1. The highest BCUT2D eigenvalue weighted by Crippen LogP contribution is 2.20. The Morgan fingerprint density at radius 1 is 1.50 bits per heavy atom. The number of rotatable bonds is 1. The highest BCUT2D eigenvalue weighted by atomic mass is 35.5. The lowest BCUT2D eigenvalue weighted by Crippen LogP contribution is -2.70. The van der Waals surface area contributed by atoms with Crippen LogP contribution in [0.4, 0.5) is 5.69 Å². The topological polar surface area (TPSA) is 39.7 Å². The van der Waals surface area contributed by atoms with Crippen molar-refractivity contribution >= 4 is 17.3 Å². The van der Waals surface area contributed by atoms with Crippen LogP contribution in [0.2, 0.25) is 5.02 Å². The van der Waals surface area contributed by atoms with E-state index >= 15 is 0 Å². The van der Waals surface area contributed by atoms with Crippen LogP contribution in [0.25, 0.3) is 0 Å². The first-order chi connectivity index (χ1) is 4.75. The number of hydrogen-bond donors (Lipinski definition) is 1. The van der Waals surface area contributed by atoms with Gasteiger partial charge in [0.25, 0.3) is 0 Å². The maximum Gasteiger partial charge on any atom is 0.148 e. The Kier molecular flexibility index (Phi) is 2.27. The number of halogens is 1. The van der Waals surface area contributed by atoms with Gasteiger partial charge >= 0.3 is 0 Å². The van der Waals surface area contributed by atoms with E-state index in [4.69, 9.17) is 11.6 Å². The van der Waals surface area contributed by atoms with E-state index in [1.165, 1.54) is 0 Å². The van der Waals surface area contributed by atoms with Crippen LogP contribution >= 0.6 is 11.6 Å². The Balaban J connectivity index is 3.14. The summed E-state index contributed by atoms with van der Waals surface area (Å²) < 4.78 is 0. The Morgan fingerprint density at radius 2 is 2.20 bits per heavy atom. The third kappa shape index (κ3) is 1.29. The van der Waals surface area contributed by atoms with Crippen LogP contribution in [0.5, 0.6) is 0 Å². The maximum absolute atomic E-state index is 10.3. The van der Waals surface area contributed by atoms with E-state index in [1.54, 1.807) is 6.07 Å². The summed E-state index contributed by atoms with van der Waals surface area (Å²) in [5.41, 5.74) is 2.25. The molecule has 0 radical (unpaired) electrons. The van der Waals surface area contributed by atoms with Crippen molar-refractivity contribution in [2.24, 2.45) is 0 Å². The van der Waals surface area contributed by atoms with Gasteiger partial charge in [0.05, 0.1) is 0 Å². The van der Waals surface area contributed by atoms with Gasteiger partial charge in [0.1, 0.15) is 10.7 Å². The number of hydrogen-bond acceptors (Lipinski definition) is 1. The normalized spacial score (nSPS) is 9.90. The van der Waals surface area contributed by atoms with Crippen LogP contribution in [-0.4, -0.2) is 0 Å². The fraction of sp³-hybridized carbons (Fsp3) is 0.143. The van der Waals surface area contributed by atoms with Gasteiger partial charge < -0.3 is 10.7 Å². The highest BCUT2D eigenvalue weighted by molar-refractivity contribution is 6.33. The second-order valence-corrected chi connectivity index (χ2v) is 2.47. The monoisotopic (exact) mass is 157 g/mol. The Morgan fingerprint density at radius 3 is 2.70 bits per heavy atom. The van der Waals surface area contributed by atoms with Gasteiger partial charge in [0.15, 0.2) is 0 Å². The fourth-order valence-corrected chi connectivity index (χ4v) is 0.932. The Labute approximate surface area is 64.4 Å². The molecule has 0 amide bonds. The molecule has 0 aliphatic carbocycles. The Hall–Kier alpha value is -0.570. The van der Waals surface area contributed by atoms with Crippen molar-refractivity contribution in [3.05, 3.63) is 34.0 Å². The molecule has 54 valence electrons. The first kappa shape index (κ1) is 7.54. The summed E-state index contributed by atoms with van der Waals surface area (Å²) in [5.74, 6) is 0. The standard InChI is InChI=1S/C7H8ClNO/c1-5-3-2-4-6(9-10)7(5)8/h2-4H,9H2,1H3.